The number of benzene rings is 1. The van der Waals surface area contributed by atoms with Crippen LogP contribution in [0.2, 0.25) is 15.1 Å². The summed E-state index contributed by atoms with van der Waals surface area (Å²) in [5.41, 5.74) is 0. The summed E-state index contributed by atoms with van der Waals surface area (Å²) >= 11 is 17.2. The van der Waals surface area contributed by atoms with E-state index in [0.717, 1.165) is 0 Å². The molecule has 82 valence electrons. The molecule has 0 spiro atoms. The van der Waals surface area contributed by atoms with Gasteiger partial charge in [0.1, 0.15) is 5.75 Å². The third kappa shape index (κ3) is 3.16. The van der Waals surface area contributed by atoms with Gasteiger partial charge in [0.2, 0.25) is 0 Å². The van der Waals surface area contributed by atoms with Gasteiger partial charge in [-0.1, -0.05) is 34.8 Å². The van der Waals surface area contributed by atoms with E-state index in [0.29, 0.717) is 0 Å². The molecule has 0 fully saturated rings. The van der Waals surface area contributed by atoms with Crippen molar-refractivity contribution >= 4 is 40.8 Å². The molecule has 0 aliphatic carbocycles. The average molecular weight is 275 g/mol. The van der Waals surface area contributed by atoms with Gasteiger partial charge in [-0.15, -0.1) is 0 Å². The molecule has 0 aromatic heterocycles. The first-order valence-corrected chi connectivity index (χ1v) is 5.09. The molecular weight excluding hydrogens is 268 g/mol. The van der Waals surface area contributed by atoms with Crippen LogP contribution < -0.4 is 4.74 Å². The Kier molecular flexibility index (Phi) is 4.08. The van der Waals surface area contributed by atoms with Gasteiger partial charge in [0, 0.05) is 6.07 Å². The highest BCUT2D eigenvalue weighted by Crippen LogP contribution is 2.34. The predicted octanol–water partition coefficient (Wildman–Crippen LogP) is 3.50. The number of carboxylic acids is 1. The van der Waals surface area contributed by atoms with Gasteiger partial charge in [0.15, 0.2) is 6.10 Å². The van der Waals surface area contributed by atoms with Gasteiger partial charge in [-0.25, -0.2) is 4.79 Å². The zero-order valence-electron chi connectivity index (χ0n) is 7.63. The topological polar surface area (TPSA) is 46.5 Å². The van der Waals surface area contributed by atoms with E-state index in [1.54, 1.807) is 0 Å². The highest BCUT2D eigenvalue weighted by molar-refractivity contribution is 6.43. The smallest absolute Gasteiger partial charge is 0.344 e. The Balaban J connectivity index is 2.95. The second kappa shape index (κ2) is 4.92. The summed E-state index contributed by atoms with van der Waals surface area (Å²) in [6, 6.07) is 2.78. The van der Waals surface area contributed by atoms with Crippen molar-refractivity contribution in [3.8, 4) is 5.75 Å². The lowest BCUT2D eigenvalue weighted by Crippen LogP contribution is -2.22. The summed E-state index contributed by atoms with van der Waals surface area (Å²) in [6.45, 7) is 1.39. The summed E-state index contributed by atoms with van der Waals surface area (Å²) in [5.74, 6) is -0.891. The SMILES string of the molecule is CC(O[13c]1[13cH][13c](Cl)[13c](Cl)[13cH][13c]1Cl)C(=O)O. The lowest BCUT2D eigenvalue weighted by molar-refractivity contribution is -0.144. The molecule has 0 aliphatic heterocycles. The van der Waals surface area contributed by atoms with Crippen LogP contribution in [0.3, 0.4) is 0 Å². The summed E-state index contributed by atoms with van der Waals surface area (Å²) in [5, 5.41) is 9.40. The fourth-order valence-electron chi connectivity index (χ4n) is 0.835. The normalized spacial score (nSPS) is 12.3. The summed E-state index contributed by atoms with van der Waals surface area (Å²) in [6.07, 6.45) is -1.00. The van der Waals surface area contributed by atoms with E-state index in [9.17, 15) is 4.79 Å². The second-order valence-corrected chi connectivity index (χ2v) is 4.02. The number of carbonyl (C=O) groups is 1. The Morgan fingerprint density at radius 2 is 1.80 bits per heavy atom. The molecule has 1 atom stereocenters. The Bertz CT molecular complexity index is 392. The molecule has 15 heavy (non-hydrogen) atoms. The maximum absolute atomic E-state index is 10.5. The van der Waals surface area contributed by atoms with Crippen molar-refractivity contribution in [3.05, 3.63) is 27.2 Å². The molecular formula is C9H7Cl3O3. The Labute approximate surface area is 102 Å². The largest absolute Gasteiger partial charge is 0.479 e. The van der Waals surface area contributed by atoms with Gasteiger partial charge in [0.25, 0.3) is 0 Å². The Morgan fingerprint density at radius 3 is 2.33 bits per heavy atom. The van der Waals surface area contributed by atoms with Gasteiger partial charge in [0.05, 0.1) is 15.1 Å². The molecule has 1 rings (SSSR count). The highest BCUT2D eigenvalue weighted by atomic mass is 35.5. The Morgan fingerprint density at radius 1 is 1.27 bits per heavy atom. The monoisotopic (exact) mass is 274 g/mol. The van der Waals surface area contributed by atoms with Gasteiger partial charge < -0.3 is 9.84 Å². The zero-order valence-corrected chi connectivity index (χ0v) is 9.90. The fraction of sp³-hybridized carbons (Fsp3) is 0.222. The van der Waals surface area contributed by atoms with Crippen molar-refractivity contribution in [2.45, 2.75) is 13.0 Å². The molecule has 0 heterocycles. The lowest BCUT2D eigenvalue weighted by atomic mass is 10.4. The van der Waals surface area contributed by atoms with E-state index in [1.165, 1.54) is 19.1 Å². The fourth-order valence-corrected chi connectivity index (χ4v) is 1.42. The maximum atomic E-state index is 10.5. The van der Waals surface area contributed by atoms with E-state index < -0.39 is 12.1 Å². The molecule has 0 saturated carbocycles. The molecule has 0 radical (unpaired) electrons. The first-order valence-electron chi connectivity index (χ1n) is 3.96. The predicted molar refractivity (Wildman–Crippen MR) is 59.2 cm³/mol. The molecule has 0 saturated heterocycles. The van der Waals surface area contributed by atoms with Crippen LogP contribution in [0.4, 0.5) is 0 Å². The molecule has 0 amide bonds. The van der Waals surface area contributed by atoms with Crippen LogP contribution >= 0.6 is 34.8 Å². The van der Waals surface area contributed by atoms with E-state index in [4.69, 9.17) is 44.6 Å². The molecule has 6 heteroatoms. The molecule has 3 nitrogen and oxygen atoms in total. The first kappa shape index (κ1) is 12.4. The minimum atomic E-state index is -1.09. The van der Waals surface area contributed by atoms with Crippen LogP contribution in [0, 0.1) is 0 Å². The van der Waals surface area contributed by atoms with Gasteiger partial charge in [-0.05, 0) is 13.0 Å². The van der Waals surface area contributed by atoms with Crippen molar-refractivity contribution in [1.29, 1.82) is 0 Å². The third-order valence-electron chi connectivity index (χ3n) is 1.63. The number of halogens is 3. The number of hydrogen-bond acceptors (Lipinski definition) is 2. The lowest BCUT2D eigenvalue weighted by Gasteiger charge is -2.12. The van der Waals surface area contributed by atoms with Crippen LogP contribution in [-0.2, 0) is 4.79 Å². The number of rotatable bonds is 3. The van der Waals surface area contributed by atoms with Gasteiger partial charge >= 0.3 is 5.97 Å². The van der Waals surface area contributed by atoms with E-state index in [1.807, 2.05) is 0 Å². The Hall–Kier alpha value is -0.640. The molecule has 1 N–H and O–H groups in total. The van der Waals surface area contributed by atoms with Crippen LogP contribution in [0.5, 0.6) is 5.75 Å². The second-order valence-electron chi connectivity index (χ2n) is 2.80. The summed E-state index contributed by atoms with van der Waals surface area (Å²) < 4.78 is 5.07. The van der Waals surface area contributed by atoms with Crippen molar-refractivity contribution in [3.63, 3.8) is 0 Å². The standard InChI is InChI=1S/C9H7Cl3O3/c1-4(9(13)14)15-8-3-6(11)5(10)2-7(8)12/h2-4H,1H3,(H,13,14)/i2+1,3+1,5+1,6+1,7+1,8+1. The van der Waals surface area contributed by atoms with Crippen LogP contribution in [0.1, 0.15) is 6.92 Å². The minimum Gasteiger partial charge on any atom is -0.479 e. The zero-order chi connectivity index (χ0) is 11.6. The number of hydrogen-bond donors (Lipinski definition) is 1. The van der Waals surface area contributed by atoms with Crippen LogP contribution in [0.25, 0.3) is 0 Å². The average Bonchev–Trinajstić information content (AvgIpc) is 2.13. The maximum Gasteiger partial charge on any atom is 0.344 e. The molecule has 1 unspecified atom stereocenters. The van der Waals surface area contributed by atoms with E-state index >= 15 is 0 Å². The molecule has 0 aliphatic rings. The molecule has 1 aromatic rings. The number of carboxylic acid groups (broad SMARTS) is 1. The number of ether oxygens (including phenoxy) is 1. The van der Waals surface area contributed by atoms with Crippen LogP contribution in [0.15, 0.2) is 12.1 Å². The number of aliphatic carboxylic acids is 1. The van der Waals surface area contributed by atoms with Crippen molar-refractivity contribution in [2.24, 2.45) is 0 Å². The van der Waals surface area contributed by atoms with Crippen LogP contribution in [-0.4, -0.2) is 17.2 Å². The van der Waals surface area contributed by atoms with Gasteiger partial charge in [-0.2, -0.15) is 0 Å². The third-order valence-corrected chi connectivity index (χ3v) is 2.64. The summed E-state index contributed by atoms with van der Waals surface area (Å²) in [7, 11) is 0. The van der Waals surface area contributed by atoms with Gasteiger partial charge in [-0.3, -0.25) is 0 Å². The van der Waals surface area contributed by atoms with Crippen molar-refractivity contribution in [1.82, 2.24) is 0 Å². The molecule has 0 bridgehead atoms. The van der Waals surface area contributed by atoms with Crippen molar-refractivity contribution in [2.75, 3.05) is 0 Å². The van der Waals surface area contributed by atoms with Crippen molar-refractivity contribution < 1.29 is 14.6 Å². The van der Waals surface area contributed by atoms with E-state index in [-0.39, 0.29) is 20.8 Å². The minimum absolute atomic E-state index is 0.195. The summed E-state index contributed by atoms with van der Waals surface area (Å²) in [4.78, 5) is 10.5. The highest BCUT2D eigenvalue weighted by Gasteiger charge is 2.15. The quantitative estimate of drug-likeness (QED) is 0.859. The van der Waals surface area contributed by atoms with E-state index in [2.05, 4.69) is 0 Å². The first-order chi connectivity index (χ1) is 6.91. The molecule has 1 aromatic carbocycles.